The Balaban J connectivity index is 1.74. The molecule has 0 radical (unpaired) electrons. The molecule has 3 nitrogen and oxygen atoms in total. The van der Waals surface area contributed by atoms with Crippen molar-refractivity contribution in [3.63, 3.8) is 0 Å². The van der Waals surface area contributed by atoms with Crippen LogP contribution in [0.25, 0.3) is 10.9 Å². The van der Waals surface area contributed by atoms with Crippen LogP contribution in [-0.2, 0) is 6.42 Å². The van der Waals surface area contributed by atoms with Gasteiger partial charge in [-0.2, -0.15) is 0 Å². The lowest BCUT2D eigenvalue weighted by atomic mass is 9.76. The fourth-order valence-electron chi connectivity index (χ4n) is 4.45. The largest absolute Gasteiger partial charge is 0.393 e. The quantitative estimate of drug-likeness (QED) is 0.909. The lowest BCUT2D eigenvalue weighted by Gasteiger charge is -2.45. The molecule has 0 amide bonds. The molecule has 1 aromatic carbocycles. The molecule has 3 aliphatic heterocycles. The number of fused-ring (bicyclic) bond motifs is 4. The Bertz CT molecular complexity index is 652. The number of rotatable bonds is 4. The van der Waals surface area contributed by atoms with E-state index in [9.17, 15) is 5.11 Å². The van der Waals surface area contributed by atoms with Crippen molar-refractivity contribution in [3.05, 3.63) is 35.5 Å². The van der Waals surface area contributed by atoms with Crippen molar-refractivity contribution in [2.45, 2.75) is 44.6 Å². The second-order valence-corrected chi connectivity index (χ2v) is 7.20. The van der Waals surface area contributed by atoms with Gasteiger partial charge in [-0.15, -0.1) is 0 Å². The molecule has 3 saturated heterocycles. The number of nitrogens with one attached hydrogen (secondary N) is 1. The number of hydrogen-bond acceptors (Lipinski definition) is 2. The van der Waals surface area contributed by atoms with Gasteiger partial charge in [-0.25, -0.2) is 0 Å². The predicted octanol–water partition coefficient (Wildman–Crippen LogP) is 3.29. The highest BCUT2D eigenvalue weighted by Crippen LogP contribution is 2.41. The van der Waals surface area contributed by atoms with Crippen molar-refractivity contribution in [3.8, 4) is 0 Å². The number of aliphatic hydroxyl groups excluding tert-OH is 1. The summed E-state index contributed by atoms with van der Waals surface area (Å²) >= 11 is 0. The maximum atomic E-state index is 9.71. The van der Waals surface area contributed by atoms with Crippen LogP contribution in [-0.4, -0.2) is 40.7 Å². The van der Waals surface area contributed by atoms with Crippen LogP contribution in [0.4, 0.5) is 0 Å². The van der Waals surface area contributed by atoms with Crippen molar-refractivity contribution in [1.82, 2.24) is 9.88 Å². The minimum atomic E-state index is -0.229. The Kier molecular flexibility index (Phi) is 3.71. The first-order valence-corrected chi connectivity index (χ1v) is 8.72. The Morgan fingerprint density at radius 1 is 1.27 bits per heavy atom. The van der Waals surface area contributed by atoms with E-state index in [0.717, 1.165) is 18.8 Å². The average Bonchev–Trinajstić information content (AvgIpc) is 2.92. The summed E-state index contributed by atoms with van der Waals surface area (Å²) in [5, 5.41) is 11.1. The van der Waals surface area contributed by atoms with Gasteiger partial charge >= 0.3 is 0 Å². The highest BCUT2D eigenvalue weighted by Gasteiger charge is 2.37. The molecule has 0 spiro atoms. The fraction of sp³-hybridized carbons (Fsp3) is 0.579. The predicted molar refractivity (Wildman–Crippen MR) is 90.2 cm³/mol. The first-order chi connectivity index (χ1) is 10.7. The van der Waals surface area contributed by atoms with Gasteiger partial charge in [-0.05, 0) is 63.2 Å². The Labute approximate surface area is 132 Å². The molecule has 2 unspecified atom stereocenters. The maximum Gasteiger partial charge on any atom is 0.0515 e. The lowest BCUT2D eigenvalue weighted by Crippen LogP contribution is -2.46. The number of H-pyrrole nitrogens is 1. The normalized spacial score (nSPS) is 29.1. The van der Waals surface area contributed by atoms with Gasteiger partial charge in [-0.3, -0.25) is 0 Å². The Hall–Kier alpha value is -1.32. The number of aliphatic hydroxyl groups is 1. The minimum Gasteiger partial charge on any atom is -0.393 e. The first kappa shape index (κ1) is 14.3. The van der Waals surface area contributed by atoms with Crippen LogP contribution in [0.2, 0.25) is 0 Å². The van der Waals surface area contributed by atoms with E-state index in [1.54, 1.807) is 0 Å². The van der Waals surface area contributed by atoms with Crippen molar-refractivity contribution >= 4 is 10.9 Å². The summed E-state index contributed by atoms with van der Waals surface area (Å²) in [4.78, 5) is 6.35. The number of hydrogen-bond donors (Lipinski definition) is 2. The van der Waals surface area contributed by atoms with Gasteiger partial charge in [0.1, 0.15) is 0 Å². The smallest absolute Gasteiger partial charge is 0.0515 e. The summed E-state index contributed by atoms with van der Waals surface area (Å²) in [5.41, 5.74) is 4.17. The van der Waals surface area contributed by atoms with Gasteiger partial charge < -0.3 is 15.0 Å². The average molecular weight is 298 g/mol. The molecule has 5 rings (SSSR count). The van der Waals surface area contributed by atoms with E-state index in [1.165, 1.54) is 54.6 Å². The second kappa shape index (κ2) is 5.71. The first-order valence-electron chi connectivity index (χ1n) is 8.72. The van der Waals surface area contributed by atoms with E-state index in [0.29, 0.717) is 5.92 Å². The van der Waals surface area contributed by atoms with Crippen LogP contribution in [0.3, 0.4) is 0 Å². The number of aryl methyl sites for hydroxylation is 1. The molecular formula is C19H26N2O. The number of aromatic amines is 1. The molecule has 1 aromatic heterocycles. The maximum absolute atomic E-state index is 9.71. The molecule has 22 heavy (non-hydrogen) atoms. The summed E-state index contributed by atoms with van der Waals surface area (Å²) in [6.45, 7) is 5.66. The molecule has 118 valence electrons. The molecule has 3 aliphatic rings. The molecule has 2 atom stereocenters. The standard InChI is InChI=1S/C19H26N2O/c1-13(22)6-7-16-15-4-2-3-5-18(15)20-19(16)17-12-21-10-8-14(17)9-11-21/h2-5,13-14,17,20,22H,6-12H2,1H3. The van der Waals surface area contributed by atoms with E-state index in [1.807, 2.05) is 6.92 Å². The monoisotopic (exact) mass is 298 g/mol. The summed E-state index contributed by atoms with van der Waals surface area (Å²) in [7, 11) is 0. The Morgan fingerprint density at radius 2 is 2.05 bits per heavy atom. The van der Waals surface area contributed by atoms with Crippen molar-refractivity contribution in [2.24, 2.45) is 5.92 Å². The molecule has 3 heteroatoms. The van der Waals surface area contributed by atoms with Crippen LogP contribution in [0, 0.1) is 5.92 Å². The van der Waals surface area contributed by atoms with E-state index in [2.05, 4.69) is 34.1 Å². The summed E-state index contributed by atoms with van der Waals surface area (Å²) in [6, 6.07) is 8.65. The zero-order valence-electron chi connectivity index (χ0n) is 13.4. The number of nitrogens with zero attached hydrogens (tertiary/aromatic N) is 1. The summed E-state index contributed by atoms with van der Waals surface area (Å²) < 4.78 is 0. The zero-order chi connectivity index (χ0) is 15.1. The molecule has 0 aliphatic carbocycles. The van der Waals surface area contributed by atoms with E-state index < -0.39 is 0 Å². The van der Waals surface area contributed by atoms with Crippen molar-refractivity contribution in [1.29, 1.82) is 0 Å². The third-order valence-electron chi connectivity index (χ3n) is 5.69. The third kappa shape index (κ3) is 2.46. The molecule has 3 fully saturated rings. The number of piperidine rings is 3. The third-order valence-corrected chi connectivity index (χ3v) is 5.69. The van der Waals surface area contributed by atoms with Crippen LogP contribution in [0.5, 0.6) is 0 Å². The molecule has 2 bridgehead atoms. The van der Waals surface area contributed by atoms with Gasteiger partial charge in [0.2, 0.25) is 0 Å². The SMILES string of the molecule is CC(O)CCc1c(C2CN3CCC2CC3)[nH]c2ccccc12. The molecule has 4 heterocycles. The van der Waals surface area contributed by atoms with Gasteiger partial charge in [0.15, 0.2) is 0 Å². The van der Waals surface area contributed by atoms with Crippen LogP contribution in [0.1, 0.15) is 43.4 Å². The summed E-state index contributed by atoms with van der Waals surface area (Å²) in [6.07, 6.45) is 4.27. The van der Waals surface area contributed by atoms with Gasteiger partial charge in [0, 0.05) is 29.1 Å². The van der Waals surface area contributed by atoms with E-state index >= 15 is 0 Å². The molecule has 0 saturated carbocycles. The molecule has 2 N–H and O–H groups in total. The van der Waals surface area contributed by atoms with Crippen LogP contribution in [0.15, 0.2) is 24.3 Å². The van der Waals surface area contributed by atoms with Crippen LogP contribution >= 0.6 is 0 Å². The minimum absolute atomic E-state index is 0.229. The highest BCUT2D eigenvalue weighted by molar-refractivity contribution is 5.85. The molecule has 2 aromatic rings. The van der Waals surface area contributed by atoms with E-state index in [-0.39, 0.29) is 6.10 Å². The fourth-order valence-corrected chi connectivity index (χ4v) is 4.45. The highest BCUT2D eigenvalue weighted by atomic mass is 16.3. The number of benzene rings is 1. The summed E-state index contributed by atoms with van der Waals surface area (Å²) in [5.74, 6) is 1.49. The van der Waals surface area contributed by atoms with Gasteiger partial charge in [0.25, 0.3) is 0 Å². The van der Waals surface area contributed by atoms with Gasteiger partial charge in [0.05, 0.1) is 6.10 Å². The number of para-hydroxylation sites is 1. The van der Waals surface area contributed by atoms with Crippen molar-refractivity contribution < 1.29 is 5.11 Å². The van der Waals surface area contributed by atoms with Crippen LogP contribution < -0.4 is 0 Å². The lowest BCUT2D eigenvalue weighted by molar-refractivity contribution is 0.0853. The zero-order valence-corrected chi connectivity index (χ0v) is 13.4. The molecular weight excluding hydrogens is 272 g/mol. The van der Waals surface area contributed by atoms with Crippen molar-refractivity contribution in [2.75, 3.05) is 19.6 Å². The topological polar surface area (TPSA) is 39.3 Å². The van der Waals surface area contributed by atoms with Gasteiger partial charge in [-0.1, -0.05) is 18.2 Å². The number of aromatic nitrogens is 1. The Morgan fingerprint density at radius 3 is 2.73 bits per heavy atom. The second-order valence-electron chi connectivity index (χ2n) is 7.20. The van der Waals surface area contributed by atoms with E-state index in [4.69, 9.17) is 0 Å².